The molecule has 100 valence electrons. The molecule has 2 N–H and O–H groups in total. The summed E-state index contributed by atoms with van der Waals surface area (Å²) in [5.41, 5.74) is 11.8. The molecule has 2 aromatic carbocycles. The monoisotopic (exact) mass is 255 g/mol. The summed E-state index contributed by atoms with van der Waals surface area (Å²) in [4.78, 5) is 0. The molecule has 0 heterocycles. The molecule has 0 aliphatic rings. The van der Waals surface area contributed by atoms with Gasteiger partial charge in [-0.05, 0) is 38.0 Å². The van der Waals surface area contributed by atoms with Crippen LogP contribution in [0.5, 0.6) is 5.75 Å². The van der Waals surface area contributed by atoms with E-state index in [1.807, 2.05) is 6.07 Å². The van der Waals surface area contributed by atoms with Crippen LogP contribution >= 0.6 is 0 Å². The molecular weight excluding hydrogens is 234 g/mol. The average Bonchev–Trinajstić information content (AvgIpc) is 2.40. The van der Waals surface area contributed by atoms with E-state index in [2.05, 4.69) is 51.1 Å². The van der Waals surface area contributed by atoms with Crippen molar-refractivity contribution in [1.29, 1.82) is 0 Å². The Morgan fingerprint density at radius 1 is 0.895 bits per heavy atom. The molecule has 0 bridgehead atoms. The summed E-state index contributed by atoms with van der Waals surface area (Å²) in [6, 6.07) is 12.6. The van der Waals surface area contributed by atoms with Gasteiger partial charge in [0.2, 0.25) is 0 Å². The molecule has 0 aliphatic carbocycles. The van der Waals surface area contributed by atoms with E-state index < -0.39 is 0 Å². The Kier molecular flexibility index (Phi) is 4.23. The second-order valence-corrected chi connectivity index (χ2v) is 5.03. The highest BCUT2D eigenvalue weighted by Crippen LogP contribution is 2.21. The second-order valence-electron chi connectivity index (χ2n) is 5.03. The fourth-order valence-corrected chi connectivity index (χ4v) is 2.12. The molecule has 0 saturated heterocycles. The van der Waals surface area contributed by atoms with E-state index in [1.54, 1.807) is 0 Å². The second kappa shape index (κ2) is 5.89. The van der Waals surface area contributed by atoms with Gasteiger partial charge in [-0.25, -0.2) is 0 Å². The Balaban J connectivity index is 2.16. The number of hydrogen-bond donors (Lipinski definition) is 1. The lowest BCUT2D eigenvalue weighted by molar-refractivity contribution is 0.302. The van der Waals surface area contributed by atoms with Gasteiger partial charge in [0.05, 0.1) is 0 Å². The van der Waals surface area contributed by atoms with Crippen molar-refractivity contribution in [3.63, 3.8) is 0 Å². The lowest BCUT2D eigenvalue weighted by Crippen LogP contribution is -2.04. The quantitative estimate of drug-likeness (QED) is 0.905. The first-order valence-corrected chi connectivity index (χ1v) is 6.58. The first-order chi connectivity index (χ1) is 9.10. The maximum Gasteiger partial charge on any atom is 0.124 e. The number of nitrogens with two attached hydrogens (primary N) is 1. The third-order valence-electron chi connectivity index (χ3n) is 3.32. The Bertz CT molecular complexity index is 575. The zero-order valence-corrected chi connectivity index (χ0v) is 11.9. The maximum absolute atomic E-state index is 5.92. The highest BCUT2D eigenvalue weighted by molar-refractivity contribution is 5.37. The number of hydrogen-bond acceptors (Lipinski definition) is 2. The van der Waals surface area contributed by atoms with Crippen LogP contribution in [0.2, 0.25) is 0 Å². The summed E-state index contributed by atoms with van der Waals surface area (Å²) >= 11 is 0. The number of ether oxygens (including phenoxy) is 1. The van der Waals surface area contributed by atoms with E-state index >= 15 is 0 Å². The topological polar surface area (TPSA) is 35.2 Å². The summed E-state index contributed by atoms with van der Waals surface area (Å²) in [7, 11) is 0. The van der Waals surface area contributed by atoms with Gasteiger partial charge in [0.25, 0.3) is 0 Å². The van der Waals surface area contributed by atoms with Crippen molar-refractivity contribution in [2.75, 3.05) is 0 Å². The summed E-state index contributed by atoms with van der Waals surface area (Å²) < 4.78 is 5.92. The van der Waals surface area contributed by atoms with Crippen molar-refractivity contribution in [3.8, 4) is 5.75 Å². The predicted molar refractivity (Wildman–Crippen MR) is 79.3 cm³/mol. The van der Waals surface area contributed by atoms with E-state index in [-0.39, 0.29) is 0 Å². The van der Waals surface area contributed by atoms with Crippen molar-refractivity contribution < 1.29 is 4.74 Å². The molecule has 2 aromatic rings. The smallest absolute Gasteiger partial charge is 0.124 e. The average molecular weight is 255 g/mol. The fraction of sp³-hybridized carbons (Fsp3) is 0.294. The molecule has 0 aliphatic heterocycles. The van der Waals surface area contributed by atoms with E-state index in [1.165, 1.54) is 22.3 Å². The summed E-state index contributed by atoms with van der Waals surface area (Å²) in [6.45, 7) is 7.36. The third-order valence-corrected chi connectivity index (χ3v) is 3.32. The van der Waals surface area contributed by atoms with Crippen LogP contribution in [0.1, 0.15) is 27.8 Å². The van der Waals surface area contributed by atoms with Crippen molar-refractivity contribution in [2.45, 2.75) is 33.9 Å². The van der Waals surface area contributed by atoms with Crippen molar-refractivity contribution in [1.82, 2.24) is 0 Å². The van der Waals surface area contributed by atoms with Gasteiger partial charge in [-0.15, -0.1) is 0 Å². The van der Waals surface area contributed by atoms with Gasteiger partial charge in [0.15, 0.2) is 0 Å². The normalized spacial score (nSPS) is 10.5. The number of aryl methyl sites for hydroxylation is 3. The molecule has 0 amide bonds. The Hall–Kier alpha value is -1.80. The molecule has 0 radical (unpaired) electrons. The van der Waals surface area contributed by atoms with E-state index in [4.69, 9.17) is 10.5 Å². The molecule has 0 aromatic heterocycles. The fourth-order valence-electron chi connectivity index (χ4n) is 2.12. The predicted octanol–water partition coefficient (Wildman–Crippen LogP) is 3.65. The van der Waals surface area contributed by atoms with Gasteiger partial charge in [-0.2, -0.15) is 0 Å². The van der Waals surface area contributed by atoms with Crippen LogP contribution in [0.15, 0.2) is 36.4 Å². The van der Waals surface area contributed by atoms with E-state index in [0.717, 1.165) is 11.3 Å². The molecule has 0 unspecified atom stereocenters. The third kappa shape index (κ3) is 3.36. The molecule has 2 rings (SSSR count). The number of benzene rings is 2. The van der Waals surface area contributed by atoms with Crippen LogP contribution in [-0.2, 0) is 13.2 Å². The summed E-state index contributed by atoms with van der Waals surface area (Å²) in [5, 5.41) is 0. The minimum atomic E-state index is 0.504. The zero-order chi connectivity index (χ0) is 13.8. The molecule has 0 fully saturated rings. The number of rotatable bonds is 4. The van der Waals surface area contributed by atoms with Gasteiger partial charge in [0.1, 0.15) is 12.4 Å². The van der Waals surface area contributed by atoms with Crippen LogP contribution in [0.4, 0.5) is 0 Å². The van der Waals surface area contributed by atoms with Crippen LogP contribution in [-0.4, -0.2) is 0 Å². The Labute approximate surface area is 115 Å². The zero-order valence-electron chi connectivity index (χ0n) is 11.9. The standard InChI is InChI=1S/C17H21NO/c1-12-4-6-14(3)16(9-12)11-19-17-7-5-13(2)8-15(17)10-18/h4-9H,10-11,18H2,1-3H3. The largest absolute Gasteiger partial charge is 0.489 e. The maximum atomic E-state index is 5.92. The summed E-state index contributed by atoms with van der Waals surface area (Å²) in [6.07, 6.45) is 0. The van der Waals surface area contributed by atoms with E-state index in [0.29, 0.717) is 13.2 Å². The molecule has 0 saturated carbocycles. The molecule has 2 heteroatoms. The molecule has 0 atom stereocenters. The van der Waals surface area contributed by atoms with Crippen LogP contribution in [0.3, 0.4) is 0 Å². The molecule has 19 heavy (non-hydrogen) atoms. The molecule has 0 spiro atoms. The van der Waals surface area contributed by atoms with Gasteiger partial charge in [-0.3, -0.25) is 0 Å². The first kappa shape index (κ1) is 13.6. The summed E-state index contributed by atoms with van der Waals surface area (Å²) in [5.74, 6) is 0.883. The molecular formula is C17H21NO. The highest BCUT2D eigenvalue weighted by atomic mass is 16.5. The van der Waals surface area contributed by atoms with Crippen molar-refractivity contribution >= 4 is 0 Å². The molecule has 2 nitrogen and oxygen atoms in total. The SMILES string of the molecule is Cc1ccc(C)c(COc2ccc(C)cc2CN)c1. The lowest BCUT2D eigenvalue weighted by Gasteiger charge is -2.13. The van der Waals surface area contributed by atoms with Crippen LogP contribution in [0, 0.1) is 20.8 Å². The van der Waals surface area contributed by atoms with Gasteiger partial charge in [-0.1, -0.05) is 41.5 Å². The first-order valence-electron chi connectivity index (χ1n) is 6.58. The van der Waals surface area contributed by atoms with Crippen LogP contribution < -0.4 is 10.5 Å². The van der Waals surface area contributed by atoms with Crippen molar-refractivity contribution in [3.05, 3.63) is 64.2 Å². The minimum Gasteiger partial charge on any atom is -0.489 e. The van der Waals surface area contributed by atoms with Crippen LogP contribution in [0.25, 0.3) is 0 Å². The van der Waals surface area contributed by atoms with Gasteiger partial charge < -0.3 is 10.5 Å². The Morgan fingerprint density at radius 2 is 1.53 bits per heavy atom. The van der Waals surface area contributed by atoms with E-state index in [9.17, 15) is 0 Å². The van der Waals surface area contributed by atoms with Crippen molar-refractivity contribution in [2.24, 2.45) is 5.73 Å². The van der Waals surface area contributed by atoms with Gasteiger partial charge in [0, 0.05) is 12.1 Å². The highest BCUT2D eigenvalue weighted by Gasteiger charge is 2.05. The van der Waals surface area contributed by atoms with Gasteiger partial charge >= 0.3 is 0 Å². The Morgan fingerprint density at radius 3 is 2.21 bits per heavy atom. The minimum absolute atomic E-state index is 0.504. The lowest BCUT2D eigenvalue weighted by atomic mass is 10.1.